The van der Waals surface area contributed by atoms with Crippen molar-refractivity contribution >= 4 is 17.8 Å². The van der Waals surface area contributed by atoms with Gasteiger partial charge in [-0.3, -0.25) is 14.9 Å². The molecule has 1 aromatic rings. The molecule has 0 radical (unpaired) electrons. The topological polar surface area (TPSA) is 78.5 Å². The SMILES string of the molecule is O=C1NC(=O)C2(CCN(C(=O)C3CCCc4ccccc43)C2)N1. The molecule has 2 fully saturated rings. The van der Waals surface area contributed by atoms with E-state index in [0.717, 1.165) is 24.8 Å². The molecular weight excluding hydrogens is 294 g/mol. The molecule has 2 heterocycles. The fraction of sp³-hybridized carbons (Fsp3) is 0.471. The molecule has 2 N–H and O–H groups in total. The van der Waals surface area contributed by atoms with Gasteiger partial charge in [0.05, 0.1) is 12.5 Å². The summed E-state index contributed by atoms with van der Waals surface area (Å²) in [7, 11) is 0. The summed E-state index contributed by atoms with van der Waals surface area (Å²) in [4.78, 5) is 38.1. The van der Waals surface area contributed by atoms with E-state index in [4.69, 9.17) is 0 Å². The molecule has 0 saturated carbocycles. The zero-order valence-electron chi connectivity index (χ0n) is 12.8. The van der Waals surface area contributed by atoms with E-state index in [1.54, 1.807) is 4.90 Å². The fourth-order valence-electron chi connectivity index (χ4n) is 4.04. The van der Waals surface area contributed by atoms with E-state index in [1.165, 1.54) is 5.56 Å². The number of imide groups is 1. The number of urea groups is 1. The third-order valence-corrected chi connectivity index (χ3v) is 5.26. The molecule has 1 aromatic carbocycles. The van der Waals surface area contributed by atoms with Gasteiger partial charge in [-0.15, -0.1) is 0 Å². The van der Waals surface area contributed by atoms with Crippen molar-refractivity contribution in [2.75, 3.05) is 13.1 Å². The van der Waals surface area contributed by atoms with Crippen LogP contribution in [0.2, 0.25) is 0 Å². The third-order valence-electron chi connectivity index (χ3n) is 5.26. The lowest BCUT2D eigenvalue weighted by Gasteiger charge is -2.29. The van der Waals surface area contributed by atoms with Gasteiger partial charge >= 0.3 is 6.03 Å². The van der Waals surface area contributed by atoms with Crippen LogP contribution in [-0.2, 0) is 16.0 Å². The summed E-state index contributed by atoms with van der Waals surface area (Å²) >= 11 is 0. The summed E-state index contributed by atoms with van der Waals surface area (Å²) in [6.45, 7) is 0.771. The Bertz CT molecular complexity index is 702. The summed E-state index contributed by atoms with van der Waals surface area (Å²) in [6.07, 6.45) is 3.34. The second kappa shape index (κ2) is 5.08. The Morgan fingerprint density at radius 1 is 1.26 bits per heavy atom. The summed E-state index contributed by atoms with van der Waals surface area (Å²) in [5.74, 6) is -0.375. The van der Waals surface area contributed by atoms with Gasteiger partial charge in [0.25, 0.3) is 5.91 Å². The molecule has 1 aliphatic carbocycles. The highest BCUT2D eigenvalue weighted by Gasteiger charge is 2.52. The molecule has 2 saturated heterocycles. The van der Waals surface area contributed by atoms with Gasteiger partial charge in [-0.25, -0.2) is 4.79 Å². The molecule has 2 unspecified atom stereocenters. The predicted octanol–water partition coefficient (Wildman–Crippen LogP) is 0.917. The van der Waals surface area contributed by atoms with Gasteiger partial charge in [0.2, 0.25) is 5.91 Å². The molecule has 120 valence electrons. The van der Waals surface area contributed by atoms with Gasteiger partial charge in [0.1, 0.15) is 5.54 Å². The molecule has 1 spiro atoms. The second-order valence-corrected chi connectivity index (χ2v) is 6.64. The van der Waals surface area contributed by atoms with Gasteiger partial charge in [-0.2, -0.15) is 0 Å². The van der Waals surface area contributed by atoms with Gasteiger partial charge in [-0.05, 0) is 36.8 Å². The molecule has 6 nitrogen and oxygen atoms in total. The monoisotopic (exact) mass is 313 g/mol. The number of hydrogen-bond donors (Lipinski definition) is 2. The summed E-state index contributed by atoms with van der Waals surface area (Å²) in [5.41, 5.74) is 1.43. The van der Waals surface area contributed by atoms with Crippen LogP contribution in [0.5, 0.6) is 0 Å². The van der Waals surface area contributed by atoms with Crippen LogP contribution >= 0.6 is 0 Å². The molecule has 0 aromatic heterocycles. The van der Waals surface area contributed by atoms with Crippen molar-refractivity contribution in [2.24, 2.45) is 0 Å². The Labute approximate surface area is 134 Å². The summed E-state index contributed by atoms with van der Waals surface area (Å²) < 4.78 is 0. The van der Waals surface area contributed by atoms with Crippen LogP contribution < -0.4 is 10.6 Å². The zero-order chi connectivity index (χ0) is 16.0. The molecule has 4 amide bonds. The van der Waals surface area contributed by atoms with Gasteiger partial charge < -0.3 is 10.2 Å². The molecule has 3 aliphatic rings. The average Bonchev–Trinajstić information content (AvgIpc) is 3.10. The number of likely N-dealkylation sites (tertiary alicyclic amines) is 1. The van der Waals surface area contributed by atoms with Crippen molar-refractivity contribution in [1.82, 2.24) is 15.5 Å². The maximum atomic E-state index is 13.0. The van der Waals surface area contributed by atoms with Crippen molar-refractivity contribution in [1.29, 1.82) is 0 Å². The number of rotatable bonds is 1. The van der Waals surface area contributed by atoms with E-state index in [0.29, 0.717) is 13.0 Å². The van der Waals surface area contributed by atoms with E-state index in [9.17, 15) is 14.4 Å². The maximum absolute atomic E-state index is 13.0. The number of amides is 4. The van der Waals surface area contributed by atoms with E-state index < -0.39 is 11.6 Å². The number of nitrogens with one attached hydrogen (secondary N) is 2. The lowest BCUT2D eigenvalue weighted by molar-refractivity contribution is -0.132. The first-order chi connectivity index (χ1) is 11.1. The van der Waals surface area contributed by atoms with Crippen LogP contribution in [0.15, 0.2) is 24.3 Å². The van der Waals surface area contributed by atoms with E-state index in [2.05, 4.69) is 16.7 Å². The van der Waals surface area contributed by atoms with Crippen molar-refractivity contribution in [3.63, 3.8) is 0 Å². The molecule has 2 aliphatic heterocycles. The molecule has 4 rings (SSSR count). The van der Waals surface area contributed by atoms with Crippen LogP contribution in [-0.4, -0.2) is 41.4 Å². The quantitative estimate of drug-likeness (QED) is 0.757. The maximum Gasteiger partial charge on any atom is 0.322 e. The number of carbonyl (C=O) groups is 3. The Balaban J connectivity index is 1.55. The van der Waals surface area contributed by atoms with E-state index in [1.807, 2.05) is 18.2 Å². The molecule has 23 heavy (non-hydrogen) atoms. The smallest absolute Gasteiger partial charge is 0.322 e. The van der Waals surface area contributed by atoms with E-state index >= 15 is 0 Å². The van der Waals surface area contributed by atoms with Gasteiger partial charge in [0, 0.05) is 6.54 Å². The highest BCUT2D eigenvalue weighted by atomic mass is 16.2. The Kier molecular flexibility index (Phi) is 3.14. The molecular formula is C17H19N3O3. The lowest BCUT2D eigenvalue weighted by atomic mass is 9.82. The zero-order valence-corrected chi connectivity index (χ0v) is 12.8. The minimum absolute atomic E-state index is 0.0722. The van der Waals surface area contributed by atoms with Crippen molar-refractivity contribution in [3.05, 3.63) is 35.4 Å². The lowest BCUT2D eigenvalue weighted by Crippen LogP contribution is -2.50. The normalized spacial score (nSPS) is 29.4. The number of benzene rings is 1. The average molecular weight is 313 g/mol. The largest absolute Gasteiger partial charge is 0.339 e. The van der Waals surface area contributed by atoms with Crippen molar-refractivity contribution in [3.8, 4) is 0 Å². The highest BCUT2D eigenvalue weighted by Crippen LogP contribution is 2.35. The predicted molar refractivity (Wildman–Crippen MR) is 82.7 cm³/mol. The van der Waals surface area contributed by atoms with Crippen molar-refractivity contribution in [2.45, 2.75) is 37.1 Å². The number of carbonyl (C=O) groups excluding carboxylic acids is 3. The minimum atomic E-state index is -0.930. The number of fused-ring (bicyclic) bond motifs is 1. The summed E-state index contributed by atoms with van der Waals surface area (Å²) in [6, 6.07) is 7.64. The molecule has 0 bridgehead atoms. The summed E-state index contributed by atoms with van der Waals surface area (Å²) in [5, 5.41) is 4.97. The molecule has 6 heteroatoms. The molecule has 2 atom stereocenters. The number of aryl methyl sites for hydroxylation is 1. The van der Waals surface area contributed by atoms with Crippen LogP contribution in [0, 0.1) is 0 Å². The van der Waals surface area contributed by atoms with Crippen LogP contribution in [0.25, 0.3) is 0 Å². The Morgan fingerprint density at radius 3 is 2.87 bits per heavy atom. The number of hydrogen-bond acceptors (Lipinski definition) is 3. The first-order valence-corrected chi connectivity index (χ1v) is 8.09. The van der Waals surface area contributed by atoms with Crippen LogP contribution in [0.1, 0.15) is 36.3 Å². The Hall–Kier alpha value is -2.37. The van der Waals surface area contributed by atoms with Crippen molar-refractivity contribution < 1.29 is 14.4 Å². The van der Waals surface area contributed by atoms with Gasteiger partial charge in [0.15, 0.2) is 0 Å². The van der Waals surface area contributed by atoms with Crippen LogP contribution in [0.3, 0.4) is 0 Å². The highest BCUT2D eigenvalue weighted by molar-refractivity contribution is 6.07. The van der Waals surface area contributed by atoms with Crippen LogP contribution in [0.4, 0.5) is 4.79 Å². The Morgan fingerprint density at radius 2 is 2.09 bits per heavy atom. The van der Waals surface area contributed by atoms with Gasteiger partial charge in [-0.1, -0.05) is 24.3 Å². The first kappa shape index (κ1) is 14.2. The second-order valence-electron chi connectivity index (χ2n) is 6.64. The minimum Gasteiger partial charge on any atom is -0.339 e. The number of nitrogens with zero attached hydrogens (tertiary/aromatic N) is 1. The third kappa shape index (κ3) is 2.20. The first-order valence-electron chi connectivity index (χ1n) is 8.09. The van der Waals surface area contributed by atoms with E-state index in [-0.39, 0.29) is 24.3 Å². The standard InChI is InChI=1S/C17H19N3O3/c21-14(13-7-3-5-11-4-1-2-6-12(11)13)20-9-8-17(10-20)15(22)18-16(23)19-17/h1-2,4,6,13H,3,5,7-10H2,(H2,18,19,22,23). The fourth-order valence-corrected chi connectivity index (χ4v) is 4.04.